The average molecular weight is 201 g/mol. The Morgan fingerprint density at radius 3 is 2.80 bits per heavy atom. The second-order valence-electron chi connectivity index (χ2n) is 4.42. The van der Waals surface area contributed by atoms with Crippen LogP contribution in [0.25, 0.3) is 0 Å². The maximum absolute atomic E-state index is 8.83. The van der Waals surface area contributed by atoms with Gasteiger partial charge in [-0.15, -0.1) is 0 Å². The van der Waals surface area contributed by atoms with E-state index in [-0.39, 0.29) is 5.54 Å². The van der Waals surface area contributed by atoms with E-state index in [4.69, 9.17) is 5.26 Å². The number of nitrogens with zero attached hydrogens (tertiary/aromatic N) is 2. The Labute approximate surface area is 90.1 Å². The number of nitriles is 1. The molecule has 1 fully saturated rings. The molecule has 3 nitrogen and oxygen atoms in total. The molecule has 15 heavy (non-hydrogen) atoms. The Morgan fingerprint density at radius 2 is 2.27 bits per heavy atom. The second kappa shape index (κ2) is 3.63. The van der Waals surface area contributed by atoms with Crippen molar-refractivity contribution in [3.8, 4) is 6.07 Å². The third-order valence-electron chi connectivity index (χ3n) is 2.69. The Kier molecular flexibility index (Phi) is 2.45. The van der Waals surface area contributed by atoms with Gasteiger partial charge >= 0.3 is 0 Å². The van der Waals surface area contributed by atoms with Gasteiger partial charge in [0, 0.05) is 12.2 Å². The molecule has 1 aromatic heterocycles. The third-order valence-corrected chi connectivity index (χ3v) is 2.69. The first-order chi connectivity index (χ1) is 7.16. The minimum atomic E-state index is 0.0427. The zero-order chi connectivity index (χ0) is 10.9. The third kappa shape index (κ3) is 2.00. The Morgan fingerprint density at radius 1 is 1.53 bits per heavy atom. The molecule has 0 aliphatic heterocycles. The van der Waals surface area contributed by atoms with Crippen LogP contribution >= 0.6 is 0 Å². The molecule has 78 valence electrons. The van der Waals surface area contributed by atoms with Crippen molar-refractivity contribution in [1.29, 1.82) is 5.26 Å². The molecule has 0 aromatic carbocycles. The quantitative estimate of drug-likeness (QED) is 0.813. The molecule has 0 bridgehead atoms. The van der Waals surface area contributed by atoms with Crippen molar-refractivity contribution in [3.05, 3.63) is 29.6 Å². The molecule has 0 saturated heterocycles. The van der Waals surface area contributed by atoms with E-state index in [1.165, 1.54) is 0 Å². The van der Waals surface area contributed by atoms with Gasteiger partial charge in [-0.2, -0.15) is 5.26 Å². The topological polar surface area (TPSA) is 48.7 Å². The lowest BCUT2D eigenvalue weighted by Crippen LogP contribution is -2.35. The second-order valence-corrected chi connectivity index (χ2v) is 4.42. The Balaban J connectivity index is 2.26. The highest BCUT2D eigenvalue weighted by atomic mass is 15.1. The highest BCUT2D eigenvalue weighted by Gasteiger charge is 2.45. The summed E-state index contributed by atoms with van der Waals surface area (Å²) in [5.41, 5.74) is 1.74. The Bertz CT molecular complexity index is 400. The summed E-state index contributed by atoms with van der Waals surface area (Å²) in [5, 5.41) is 12.4. The van der Waals surface area contributed by atoms with Gasteiger partial charge in [0.25, 0.3) is 0 Å². The fraction of sp³-hybridized carbons (Fsp3) is 0.500. The van der Waals surface area contributed by atoms with Gasteiger partial charge in [0.2, 0.25) is 0 Å². The summed E-state index contributed by atoms with van der Waals surface area (Å²) in [4.78, 5) is 4.36. The lowest BCUT2D eigenvalue weighted by Gasteiger charge is -2.19. The predicted molar refractivity (Wildman–Crippen MR) is 58.1 cm³/mol. The molecular weight excluding hydrogens is 186 g/mol. The van der Waals surface area contributed by atoms with Gasteiger partial charge in [-0.1, -0.05) is 0 Å². The van der Waals surface area contributed by atoms with Crippen LogP contribution in [-0.2, 0) is 5.54 Å². The van der Waals surface area contributed by atoms with E-state index in [0.717, 1.165) is 18.5 Å². The van der Waals surface area contributed by atoms with Crippen molar-refractivity contribution in [1.82, 2.24) is 10.3 Å². The summed E-state index contributed by atoms with van der Waals surface area (Å²) < 4.78 is 0. The summed E-state index contributed by atoms with van der Waals surface area (Å²) in [7, 11) is 0. The number of aromatic nitrogens is 1. The summed E-state index contributed by atoms with van der Waals surface area (Å²) in [6, 6.07) is 6.23. The SMILES string of the molecule is CC(C)NC1(c2cc(C#N)ccn2)CC1. The number of pyridine rings is 1. The molecule has 1 saturated carbocycles. The first-order valence-electron chi connectivity index (χ1n) is 5.31. The van der Waals surface area contributed by atoms with E-state index in [1.54, 1.807) is 12.3 Å². The highest BCUT2D eigenvalue weighted by molar-refractivity contribution is 5.34. The summed E-state index contributed by atoms with van der Waals surface area (Å²) in [5.74, 6) is 0. The lowest BCUT2D eigenvalue weighted by atomic mass is 10.1. The van der Waals surface area contributed by atoms with E-state index >= 15 is 0 Å². The van der Waals surface area contributed by atoms with Gasteiger partial charge in [0.1, 0.15) is 0 Å². The van der Waals surface area contributed by atoms with Crippen molar-refractivity contribution in [2.24, 2.45) is 0 Å². The van der Waals surface area contributed by atoms with Crippen molar-refractivity contribution < 1.29 is 0 Å². The number of rotatable bonds is 3. The predicted octanol–water partition coefficient (Wildman–Crippen LogP) is 1.94. The van der Waals surface area contributed by atoms with Gasteiger partial charge in [0.15, 0.2) is 0 Å². The molecule has 0 atom stereocenters. The molecule has 1 aliphatic rings. The summed E-state index contributed by atoms with van der Waals surface area (Å²) >= 11 is 0. The normalized spacial score (nSPS) is 17.5. The molecule has 2 rings (SSSR count). The number of hydrogen-bond donors (Lipinski definition) is 1. The molecule has 0 unspecified atom stereocenters. The smallest absolute Gasteiger partial charge is 0.0992 e. The molecule has 1 aromatic rings. The van der Waals surface area contributed by atoms with Crippen LogP contribution in [0.1, 0.15) is 37.9 Å². The van der Waals surface area contributed by atoms with Crippen LogP contribution in [0.2, 0.25) is 0 Å². The standard InChI is InChI=1S/C12H15N3/c1-9(2)15-12(4-5-12)11-7-10(8-13)3-6-14-11/h3,6-7,9,15H,4-5H2,1-2H3. The van der Waals surface area contributed by atoms with Crippen LogP contribution in [0, 0.1) is 11.3 Å². The molecule has 1 heterocycles. The molecule has 3 heteroatoms. The van der Waals surface area contributed by atoms with Crippen molar-refractivity contribution in [2.45, 2.75) is 38.3 Å². The molecular formula is C12H15N3. The van der Waals surface area contributed by atoms with Gasteiger partial charge in [0.05, 0.1) is 22.9 Å². The molecule has 0 amide bonds. The van der Waals surface area contributed by atoms with E-state index in [2.05, 4.69) is 30.2 Å². The van der Waals surface area contributed by atoms with Crippen molar-refractivity contribution in [3.63, 3.8) is 0 Å². The zero-order valence-corrected chi connectivity index (χ0v) is 9.12. The molecule has 0 spiro atoms. The minimum absolute atomic E-state index is 0.0427. The first kappa shape index (κ1) is 10.1. The lowest BCUT2D eigenvalue weighted by molar-refractivity contribution is 0.452. The summed E-state index contributed by atoms with van der Waals surface area (Å²) in [6.45, 7) is 4.27. The van der Waals surface area contributed by atoms with Crippen LogP contribution in [-0.4, -0.2) is 11.0 Å². The maximum atomic E-state index is 8.83. The van der Waals surface area contributed by atoms with Gasteiger partial charge in [-0.25, -0.2) is 0 Å². The maximum Gasteiger partial charge on any atom is 0.0992 e. The highest BCUT2D eigenvalue weighted by Crippen LogP contribution is 2.44. The fourth-order valence-corrected chi connectivity index (χ4v) is 1.91. The monoisotopic (exact) mass is 201 g/mol. The van der Waals surface area contributed by atoms with Crippen molar-refractivity contribution in [2.75, 3.05) is 0 Å². The fourth-order valence-electron chi connectivity index (χ4n) is 1.91. The van der Waals surface area contributed by atoms with E-state index in [9.17, 15) is 0 Å². The van der Waals surface area contributed by atoms with Crippen LogP contribution in [0.15, 0.2) is 18.3 Å². The largest absolute Gasteiger partial charge is 0.304 e. The van der Waals surface area contributed by atoms with Gasteiger partial charge < -0.3 is 5.32 Å². The van der Waals surface area contributed by atoms with Crippen LogP contribution in [0.5, 0.6) is 0 Å². The van der Waals surface area contributed by atoms with Crippen LogP contribution in [0.4, 0.5) is 0 Å². The van der Waals surface area contributed by atoms with Crippen LogP contribution in [0.3, 0.4) is 0 Å². The van der Waals surface area contributed by atoms with E-state index < -0.39 is 0 Å². The molecule has 0 radical (unpaired) electrons. The first-order valence-corrected chi connectivity index (χ1v) is 5.31. The average Bonchev–Trinajstić information content (AvgIpc) is 2.98. The number of hydrogen-bond acceptors (Lipinski definition) is 3. The molecule has 1 aliphatic carbocycles. The van der Waals surface area contributed by atoms with Gasteiger partial charge in [-0.05, 0) is 38.8 Å². The van der Waals surface area contributed by atoms with Crippen molar-refractivity contribution >= 4 is 0 Å². The minimum Gasteiger partial charge on any atom is -0.304 e. The van der Waals surface area contributed by atoms with E-state index in [0.29, 0.717) is 11.6 Å². The summed E-state index contributed by atoms with van der Waals surface area (Å²) in [6.07, 6.45) is 3.95. The van der Waals surface area contributed by atoms with Gasteiger partial charge in [-0.3, -0.25) is 4.98 Å². The Hall–Kier alpha value is -1.40. The van der Waals surface area contributed by atoms with Crippen LogP contribution < -0.4 is 5.32 Å². The zero-order valence-electron chi connectivity index (χ0n) is 9.12. The number of nitrogens with one attached hydrogen (secondary N) is 1. The van der Waals surface area contributed by atoms with E-state index in [1.807, 2.05) is 6.07 Å². The molecule has 1 N–H and O–H groups in total.